The molecule has 0 bridgehead atoms. The van der Waals surface area contributed by atoms with Gasteiger partial charge in [-0.15, -0.1) is 0 Å². The Hall–Kier alpha value is -1.15. The quantitative estimate of drug-likeness (QED) is 0.846. The maximum Gasteiger partial charge on any atom is 0.178 e. The summed E-state index contributed by atoms with van der Waals surface area (Å²) in [6.45, 7) is 3.22. The molecular weight excluding hydrogens is 320 g/mol. The molecule has 0 saturated carbocycles. The van der Waals surface area contributed by atoms with Crippen LogP contribution in [0.2, 0.25) is 0 Å². The summed E-state index contributed by atoms with van der Waals surface area (Å²) in [7, 11) is -3.20. The minimum atomic E-state index is -3.20. The van der Waals surface area contributed by atoms with E-state index in [4.69, 9.17) is 0 Å². The van der Waals surface area contributed by atoms with E-state index in [-0.39, 0.29) is 4.90 Å². The summed E-state index contributed by atoms with van der Waals surface area (Å²) in [6.07, 6.45) is 5.77. The van der Waals surface area contributed by atoms with Crippen molar-refractivity contribution < 1.29 is 8.42 Å². The molecule has 8 heteroatoms. The highest BCUT2D eigenvalue weighted by molar-refractivity contribution is 9.10. The Kier molecular flexibility index (Phi) is 3.58. The predicted molar refractivity (Wildman–Crippen MR) is 70.0 cm³/mol. The van der Waals surface area contributed by atoms with E-state index in [0.717, 1.165) is 16.7 Å². The number of nitrogens with zero attached hydrogens (tertiary/aromatic N) is 4. The maximum absolute atomic E-state index is 11.4. The van der Waals surface area contributed by atoms with Gasteiger partial charge < -0.3 is 0 Å². The van der Waals surface area contributed by atoms with Crippen LogP contribution in [0.25, 0.3) is 0 Å². The van der Waals surface area contributed by atoms with Crippen molar-refractivity contribution in [2.45, 2.75) is 24.9 Å². The highest BCUT2D eigenvalue weighted by Gasteiger charge is 2.13. The largest absolute Gasteiger partial charge is 0.267 e. The van der Waals surface area contributed by atoms with Gasteiger partial charge in [0.05, 0.1) is 29.1 Å². The lowest BCUT2D eigenvalue weighted by Gasteiger charge is -2.05. The fourth-order valence-corrected chi connectivity index (χ4v) is 2.57. The molecule has 0 spiro atoms. The summed E-state index contributed by atoms with van der Waals surface area (Å²) in [5, 5.41) is 8.25. The molecule has 0 aliphatic rings. The van der Waals surface area contributed by atoms with E-state index in [9.17, 15) is 8.42 Å². The zero-order chi connectivity index (χ0) is 13.3. The lowest BCUT2D eigenvalue weighted by Crippen LogP contribution is -2.08. The molecule has 2 aromatic rings. The Labute approximate surface area is 114 Å². The van der Waals surface area contributed by atoms with E-state index in [1.165, 1.54) is 18.6 Å². The minimum Gasteiger partial charge on any atom is -0.267 e. The summed E-state index contributed by atoms with van der Waals surface area (Å²) in [5.41, 5.74) is 0.959. The van der Waals surface area contributed by atoms with Crippen molar-refractivity contribution in [1.29, 1.82) is 0 Å². The number of hydrogen-bond donors (Lipinski definition) is 0. The fourth-order valence-electron chi connectivity index (χ4n) is 1.59. The topological polar surface area (TPSA) is 69.8 Å². The first-order valence-corrected chi connectivity index (χ1v) is 8.03. The Morgan fingerprint density at radius 1 is 1.33 bits per heavy atom. The molecule has 0 aromatic carbocycles. The number of hydrogen-bond acceptors (Lipinski definition) is 4. The Morgan fingerprint density at radius 3 is 2.61 bits per heavy atom. The molecular formula is C10H13BrN4O2S. The van der Waals surface area contributed by atoms with Crippen LogP contribution >= 0.6 is 15.9 Å². The molecule has 6 nitrogen and oxygen atoms in total. The lowest BCUT2D eigenvalue weighted by atomic mass is 10.4. The second-order valence-electron chi connectivity index (χ2n) is 3.90. The molecule has 0 aliphatic carbocycles. The van der Waals surface area contributed by atoms with Crippen LogP contribution in [0.4, 0.5) is 0 Å². The van der Waals surface area contributed by atoms with Crippen LogP contribution < -0.4 is 0 Å². The standard InChI is InChI=1S/C10H13BrN4O2S/c1-3-15-10(9(11)5-13-15)7-14-6-8(4-12-14)18(2,16)17/h4-6H,3,7H2,1-2H3. The van der Waals surface area contributed by atoms with Crippen LogP contribution in [-0.2, 0) is 22.9 Å². The third-order valence-corrected chi connectivity index (χ3v) is 4.28. The van der Waals surface area contributed by atoms with Gasteiger partial charge in [-0.2, -0.15) is 10.2 Å². The second-order valence-corrected chi connectivity index (χ2v) is 6.77. The van der Waals surface area contributed by atoms with Gasteiger partial charge in [0.1, 0.15) is 4.90 Å². The average Bonchev–Trinajstić information content (AvgIpc) is 2.87. The predicted octanol–water partition coefficient (Wildman–Crippen LogP) is 1.31. The summed E-state index contributed by atoms with van der Waals surface area (Å²) in [5.74, 6) is 0. The van der Waals surface area contributed by atoms with Crippen molar-refractivity contribution in [1.82, 2.24) is 19.6 Å². The summed E-state index contributed by atoms with van der Waals surface area (Å²) < 4.78 is 27.0. The molecule has 18 heavy (non-hydrogen) atoms. The van der Waals surface area contributed by atoms with Gasteiger partial charge in [-0.25, -0.2) is 8.42 Å². The maximum atomic E-state index is 11.4. The van der Waals surface area contributed by atoms with Crippen molar-refractivity contribution in [2.24, 2.45) is 0 Å². The van der Waals surface area contributed by atoms with Crippen LogP contribution in [0.5, 0.6) is 0 Å². The van der Waals surface area contributed by atoms with Crippen molar-refractivity contribution in [2.75, 3.05) is 6.26 Å². The molecule has 0 unspecified atom stereocenters. The normalized spacial score (nSPS) is 11.9. The number of rotatable bonds is 4. The summed E-state index contributed by atoms with van der Waals surface area (Å²) >= 11 is 3.42. The molecule has 0 fully saturated rings. The second kappa shape index (κ2) is 4.85. The highest BCUT2D eigenvalue weighted by atomic mass is 79.9. The third-order valence-electron chi connectivity index (χ3n) is 2.55. The van der Waals surface area contributed by atoms with Gasteiger partial charge in [0, 0.05) is 19.0 Å². The van der Waals surface area contributed by atoms with E-state index >= 15 is 0 Å². The van der Waals surface area contributed by atoms with E-state index in [1.807, 2.05) is 11.6 Å². The molecule has 0 N–H and O–H groups in total. The van der Waals surface area contributed by atoms with Gasteiger partial charge in [0.25, 0.3) is 0 Å². The molecule has 0 aliphatic heterocycles. The number of aryl methyl sites for hydroxylation is 1. The highest BCUT2D eigenvalue weighted by Crippen LogP contribution is 2.17. The van der Waals surface area contributed by atoms with Crippen molar-refractivity contribution >= 4 is 25.8 Å². The van der Waals surface area contributed by atoms with Crippen molar-refractivity contribution in [3.63, 3.8) is 0 Å². The molecule has 0 saturated heterocycles. The lowest BCUT2D eigenvalue weighted by molar-refractivity contribution is 0.575. The van der Waals surface area contributed by atoms with Crippen molar-refractivity contribution in [3.8, 4) is 0 Å². The molecule has 98 valence electrons. The Bertz CT molecular complexity index is 659. The SMILES string of the molecule is CCn1ncc(Br)c1Cn1cc(S(C)(=O)=O)cn1. The van der Waals surface area contributed by atoms with Crippen molar-refractivity contribution in [3.05, 3.63) is 28.8 Å². The van der Waals surface area contributed by atoms with E-state index in [0.29, 0.717) is 6.54 Å². The number of sulfone groups is 1. The van der Waals surface area contributed by atoms with Crippen LogP contribution in [0.3, 0.4) is 0 Å². The molecule has 0 amide bonds. The van der Waals surface area contributed by atoms with E-state index < -0.39 is 9.84 Å². The third kappa shape index (κ3) is 2.64. The molecule has 2 heterocycles. The summed E-state index contributed by atoms with van der Waals surface area (Å²) in [6, 6.07) is 0. The van der Waals surface area contributed by atoms with Crippen LogP contribution in [-0.4, -0.2) is 34.2 Å². The first kappa shape index (κ1) is 13.3. The zero-order valence-corrected chi connectivity index (χ0v) is 12.4. The average molecular weight is 333 g/mol. The van der Waals surface area contributed by atoms with E-state index in [1.54, 1.807) is 10.9 Å². The van der Waals surface area contributed by atoms with E-state index in [2.05, 4.69) is 26.1 Å². The fraction of sp³-hybridized carbons (Fsp3) is 0.400. The van der Waals surface area contributed by atoms with Gasteiger partial charge in [0.2, 0.25) is 0 Å². The van der Waals surface area contributed by atoms with Crippen LogP contribution in [0.15, 0.2) is 28.0 Å². The van der Waals surface area contributed by atoms with Crippen LogP contribution in [0, 0.1) is 0 Å². The number of halogens is 1. The van der Waals surface area contributed by atoms with Gasteiger partial charge in [-0.05, 0) is 22.9 Å². The smallest absolute Gasteiger partial charge is 0.178 e. The minimum absolute atomic E-state index is 0.223. The summed E-state index contributed by atoms with van der Waals surface area (Å²) in [4.78, 5) is 0.223. The molecule has 0 atom stereocenters. The molecule has 2 aromatic heterocycles. The van der Waals surface area contributed by atoms with Gasteiger partial charge in [-0.1, -0.05) is 0 Å². The molecule has 0 radical (unpaired) electrons. The monoisotopic (exact) mass is 332 g/mol. The van der Waals surface area contributed by atoms with Gasteiger partial charge >= 0.3 is 0 Å². The molecule has 2 rings (SSSR count). The first-order valence-electron chi connectivity index (χ1n) is 5.34. The van der Waals surface area contributed by atoms with Gasteiger partial charge in [0.15, 0.2) is 9.84 Å². The van der Waals surface area contributed by atoms with Crippen LogP contribution in [0.1, 0.15) is 12.6 Å². The van der Waals surface area contributed by atoms with Gasteiger partial charge in [-0.3, -0.25) is 9.36 Å². The Morgan fingerprint density at radius 2 is 2.06 bits per heavy atom. The zero-order valence-electron chi connectivity index (χ0n) is 10.0. The first-order chi connectivity index (χ1) is 8.41. The number of aromatic nitrogens is 4. The Balaban J connectivity index is 2.29.